The Morgan fingerprint density at radius 3 is 2.37 bits per heavy atom. The van der Waals surface area contributed by atoms with E-state index >= 15 is 0 Å². The van der Waals surface area contributed by atoms with E-state index in [1.807, 2.05) is 31.2 Å². The van der Waals surface area contributed by atoms with Gasteiger partial charge in [-0.1, -0.05) is 42.0 Å². The zero-order valence-corrected chi connectivity index (χ0v) is 11.2. The number of Topliss-reactive ketones (excluding diaryl/α,β-unsaturated/α-hetero) is 1. The molecular weight excluding hydrogens is 256 g/mol. The normalized spacial score (nSPS) is 19.7. The lowest BCUT2D eigenvalue weighted by Crippen LogP contribution is -1.96. The third-order valence-corrected chi connectivity index (χ3v) is 4.59. The summed E-state index contributed by atoms with van der Waals surface area (Å²) in [6.07, 6.45) is 1.72. The van der Waals surface area contributed by atoms with E-state index < -0.39 is 10.8 Å². The minimum Gasteiger partial charge on any atom is -0.288 e. The van der Waals surface area contributed by atoms with Crippen LogP contribution in [0.5, 0.6) is 0 Å². The van der Waals surface area contributed by atoms with Crippen LogP contribution in [-0.2, 0) is 10.8 Å². The molecule has 1 heterocycles. The van der Waals surface area contributed by atoms with Crippen molar-refractivity contribution in [3.8, 4) is 0 Å². The van der Waals surface area contributed by atoms with Crippen LogP contribution in [0.25, 0.3) is 6.08 Å². The molecule has 2 aromatic carbocycles. The Balaban J connectivity index is 2.07. The summed E-state index contributed by atoms with van der Waals surface area (Å²) >= 11 is 0. The standard InChI is InChI=1S/C16H12O2S/c1-11-6-8-12(9-7-11)10-15-16(17)13-4-2-3-5-14(13)19(15)18/h2-10H,1H3/b15-10-/t19-/m0/s1. The van der Waals surface area contributed by atoms with Gasteiger partial charge in [0.1, 0.15) is 0 Å². The summed E-state index contributed by atoms with van der Waals surface area (Å²) in [4.78, 5) is 13.2. The molecule has 1 atom stereocenters. The highest BCUT2D eigenvalue weighted by Gasteiger charge is 2.31. The van der Waals surface area contributed by atoms with E-state index in [9.17, 15) is 9.00 Å². The molecule has 0 N–H and O–H groups in total. The second-order valence-electron chi connectivity index (χ2n) is 4.51. The van der Waals surface area contributed by atoms with Crippen LogP contribution in [0.3, 0.4) is 0 Å². The van der Waals surface area contributed by atoms with Crippen molar-refractivity contribution in [1.29, 1.82) is 0 Å². The molecule has 0 fully saturated rings. The second-order valence-corrected chi connectivity index (χ2v) is 5.93. The quantitative estimate of drug-likeness (QED) is 0.743. The van der Waals surface area contributed by atoms with Crippen molar-refractivity contribution < 1.29 is 9.00 Å². The summed E-state index contributed by atoms with van der Waals surface area (Å²) in [5.74, 6) is -0.130. The lowest BCUT2D eigenvalue weighted by molar-refractivity contribution is 0.104. The maximum Gasteiger partial charge on any atom is 0.203 e. The first kappa shape index (κ1) is 12.1. The number of hydrogen-bond acceptors (Lipinski definition) is 2. The Labute approximate surface area is 114 Å². The zero-order valence-electron chi connectivity index (χ0n) is 10.4. The minimum absolute atomic E-state index is 0.130. The Morgan fingerprint density at radius 2 is 1.68 bits per heavy atom. The number of carbonyl (C=O) groups is 1. The molecule has 19 heavy (non-hydrogen) atoms. The van der Waals surface area contributed by atoms with Crippen LogP contribution in [-0.4, -0.2) is 9.99 Å². The summed E-state index contributed by atoms with van der Waals surface area (Å²) in [5, 5.41) is 0. The van der Waals surface area contributed by atoms with Crippen LogP contribution in [0.4, 0.5) is 0 Å². The summed E-state index contributed by atoms with van der Waals surface area (Å²) in [6, 6.07) is 14.9. The molecule has 0 saturated carbocycles. The fourth-order valence-electron chi connectivity index (χ4n) is 2.08. The first-order valence-electron chi connectivity index (χ1n) is 6.01. The van der Waals surface area contributed by atoms with Crippen molar-refractivity contribution in [3.63, 3.8) is 0 Å². The summed E-state index contributed by atoms with van der Waals surface area (Å²) in [6.45, 7) is 2.01. The van der Waals surface area contributed by atoms with E-state index in [2.05, 4.69) is 0 Å². The van der Waals surface area contributed by atoms with E-state index in [0.717, 1.165) is 11.1 Å². The molecule has 0 radical (unpaired) electrons. The predicted octanol–water partition coefficient (Wildman–Crippen LogP) is 3.34. The number of benzene rings is 2. The van der Waals surface area contributed by atoms with Crippen LogP contribution >= 0.6 is 0 Å². The molecule has 0 saturated heterocycles. The molecule has 0 amide bonds. The van der Waals surface area contributed by atoms with Crippen molar-refractivity contribution in [2.75, 3.05) is 0 Å². The second kappa shape index (κ2) is 4.59. The summed E-state index contributed by atoms with van der Waals surface area (Å²) < 4.78 is 12.3. The van der Waals surface area contributed by atoms with E-state index in [1.54, 1.807) is 30.3 Å². The predicted molar refractivity (Wildman–Crippen MR) is 76.3 cm³/mol. The average Bonchev–Trinajstić information content (AvgIpc) is 2.67. The minimum atomic E-state index is -1.36. The van der Waals surface area contributed by atoms with Gasteiger partial charge in [0.2, 0.25) is 5.78 Å². The van der Waals surface area contributed by atoms with E-state index in [-0.39, 0.29) is 5.78 Å². The number of ketones is 1. The number of allylic oxidation sites excluding steroid dienone is 1. The van der Waals surface area contributed by atoms with Crippen molar-refractivity contribution in [1.82, 2.24) is 0 Å². The topological polar surface area (TPSA) is 34.1 Å². The molecule has 1 aliphatic heterocycles. The van der Waals surface area contributed by atoms with Crippen LogP contribution < -0.4 is 0 Å². The van der Waals surface area contributed by atoms with Gasteiger partial charge >= 0.3 is 0 Å². The lowest BCUT2D eigenvalue weighted by atomic mass is 10.1. The number of carbonyl (C=O) groups excluding carboxylic acids is 1. The van der Waals surface area contributed by atoms with Crippen LogP contribution in [0, 0.1) is 6.92 Å². The Morgan fingerprint density at radius 1 is 1.00 bits per heavy atom. The molecule has 2 aromatic rings. The molecule has 94 valence electrons. The van der Waals surface area contributed by atoms with Gasteiger partial charge in [0.15, 0.2) is 0 Å². The molecule has 1 aliphatic rings. The van der Waals surface area contributed by atoms with Gasteiger partial charge in [0.05, 0.1) is 20.6 Å². The molecule has 0 aromatic heterocycles. The Kier molecular flexibility index (Phi) is 2.91. The number of aryl methyl sites for hydroxylation is 1. The maximum atomic E-state index is 12.3. The maximum absolute atomic E-state index is 12.3. The van der Waals surface area contributed by atoms with E-state index in [0.29, 0.717) is 15.4 Å². The van der Waals surface area contributed by atoms with Crippen molar-refractivity contribution in [3.05, 3.63) is 70.1 Å². The number of fused-ring (bicyclic) bond motifs is 1. The smallest absolute Gasteiger partial charge is 0.203 e. The summed E-state index contributed by atoms with van der Waals surface area (Å²) in [7, 11) is -1.36. The van der Waals surface area contributed by atoms with Gasteiger partial charge in [-0.15, -0.1) is 0 Å². The molecule has 3 heteroatoms. The molecule has 0 aliphatic carbocycles. The SMILES string of the molecule is Cc1ccc(/C=C2/C(=O)c3ccccc3[S@@]2=O)cc1. The molecule has 0 bridgehead atoms. The fraction of sp³-hybridized carbons (Fsp3) is 0.0625. The molecule has 3 rings (SSSR count). The van der Waals surface area contributed by atoms with Gasteiger partial charge in [0, 0.05) is 5.56 Å². The van der Waals surface area contributed by atoms with E-state index in [4.69, 9.17) is 0 Å². The van der Waals surface area contributed by atoms with Crippen molar-refractivity contribution >= 4 is 22.7 Å². The van der Waals surface area contributed by atoms with Crippen LogP contribution in [0.2, 0.25) is 0 Å². The highest BCUT2D eigenvalue weighted by atomic mass is 32.2. The lowest BCUT2D eigenvalue weighted by Gasteiger charge is -1.97. The van der Waals surface area contributed by atoms with E-state index in [1.165, 1.54) is 0 Å². The highest BCUT2D eigenvalue weighted by molar-refractivity contribution is 7.91. The number of rotatable bonds is 1. The summed E-state index contributed by atoms with van der Waals surface area (Å²) in [5.41, 5.74) is 2.61. The first-order chi connectivity index (χ1) is 9.16. The van der Waals surface area contributed by atoms with Gasteiger partial charge in [-0.25, -0.2) is 4.21 Å². The van der Waals surface area contributed by atoms with Crippen LogP contribution in [0.15, 0.2) is 58.3 Å². The number of hydrogen-bond donors (Lipinski definition) is 0. The van der Waals surface area contributed by atoms with Gasteiger partial charge in [0.25, 0.3) is 0 Å². The Bertz CT molecular complexity index is 675. The third kappa shape index (κ3) is 2.06. The zero-order chi connectivity index (χ0) is 13.4. The highest BCUT2D eigenvalue weighted by Crippen LogP contribution is 2.31. The third-order valence-electron chi connectivity index (χ3n) is 3.13. The molecule has 0 unspecified atom stereocenters. The fourth-order valence-corrected chi connectivity index (χ4v) is 3.41. The largest absolute Gasteiger partial charge is 0.288 e. The van der Waals surface area contributed by atoms with Crippen molar-refractivity contribution in [2.24, 2.45) is 0 Å². The van der Waals surface area contributed by atoms with Crippen LogP contribution in [0.1, 0.15) is 21.5 Å². The average molecular weight is 268 g/mol. The monoisotopic (exact) mass is 268 g/mol. The molecule has 0 spiro atoms. The Hall–Kier alpha value is -2.00. The van der Waals surface area contributed by atoms with Gasteiger partial charge in [-0.3, -0.25) is 4.79 Å². The van der Waals surface area contributed by atoms with Gasteiger partial charge in [-0.05, 0) is 30.7 Å². The first-order valence-corrected chi connectivity index (χ1v) is 7.15. The van der Waals surface area contributed by atoms with Gasteiger partial charge in [-0.2, -0.15) is 0 Å². The van der Waals surface area contributed by atoms with Crippen molar-refractivity contribution in [2.45, 2.75) is 11.8 Å². The molecule has 2 nitrogen and oxygen atoms in total. The molecular formula is C16H12O2S. The van der Waals surface area contributed by atoms with Gasteiger partial charge < -0.3 is 0 Å².